The molecule has 22 heavy (non-hydrogen) atoms. The summed E-state index contributed by atoms with van der Waals surface area (Å²) in [4.78, 5) is 16.4. The average Bonchev–Trinajstić information content (AvgIpc) is 2.76. The number of rotatable bonds is 4. The topological polar surface area (TPSA) is 64.2 Å². The van der Waals surface area contributed by atoms with E-state index in [1.54, 1.807) is 14.1 Å². The maximum atomic E-state index is 12.3. The van der Waals surface area contributed by atoms with Crippen LogP contribution in [-0.2, 0) is 15.0 Å². The molecule has 0 radical (unpaired) electrons. The zero-order valence-electron chi connectivity index (χ0n) is 13.7. The number of carbonyl (C=O) groups is 1. The Labute approximate surface area is 134 Å². The van der Waals surface area contributed by atoms with Gasteiger partial charge < -0.3 is 4.90 Å². The van der Waals surface area contributed by atoms with Gasteiger partial charge in [-0.2, -0.15) is 17.0 Å². The minimum absolute atomic E-state index is 0.186. The summed E-state index contributed by atoms with van der Waals surface area (Å²) < 4.78 is 26.8. The lowest BCUT2D eigenvalue weighted by molar-refractivity contribution is -0.132. The number of carbonyl (C=O) groups excluding carboxylic acids is 1. The van der Waals surface area contributed by atoms with Crippen molar-refractivity contribution in [3.05, 3.63) is 0 Å². The standard InChI is InChI=1S/C14H28N4O3S/c1-15(2)22(20,21)18-11-9-16(10-12-18)13-14(19)17-7-5-3-4-6-8-17/h3-13H2,1-2H3. The number of hydrogen-bond donors (Lipinski definition) is 0. The second kappa shape index (κ2) is 7.72. The molecule has 2 aliphatic rings. The first-order valence-corrected chi connectivity index (χ1v) is 9.48. The van der Waals surface area contributed by atoms with Crippen LogP contribution in [0.5, 0.6) is 0 Å². The highest BCUT2D eigenvalue weighted by molar-refractivity contribution is 7.86. The normalized spacial score (nSPS) is 22.8. The minimum atomic E-state index is -3.33. The van der Waals surface area contributed by atoms with Gasteiger partial charge in [-0.15, -0.1) is 0 Å². The molecule has 0 aromatic carbocycles. The van der Waals surface area contributed by atoms with Gasteiger partial charge in [0.05, 0.1) is 6.54 Å². The van der Waals surface area contributed by atoms with Crippen molar-refractivity contribution in [2.24, 2.45) is 0 Å². The van der Waals surface area contributed by atoms with Crippen molar-refractivity contribution in [3.8, 4) is 0 Å². The molecule has 1 amide bonds. The average molecular weight is 332 g/mol. The van der Waals surface area contributed by atoms with Crippen LogP contribution in [0.25, 0.3) is 0 Å². The summed E-state index contributed by atoms with van der Waals surface area (Å²) in [5, 5.41) is 0. The molecule has 0 N–H and O–H groups in total. The van der Waals surface area contributed by atoms with Crippen molar-refractivity contribution in [2.75, 3.05) is 59.9 Å². The molecular formula is C14H28N4O3S. The number of piperazine rings is 1. The molecule has 8 heteroatoms. The molecule has 2 fully saturated rings. The van der Waals surface area contributed by atoms with E-state index in [0.29, 0.717) is 32.7 Å². The summed E-state index contributed by atoms with van der Waals surface area (Å²) >= 11 is 0. The highest BCUT2D eigenvalue weighted by Crippen LogP contribution is 2.12. The van der Waals surface area contributed by atoms with Crippen LogP contribution in [0.4, 0.5) is 0 Å². The third-order valence-corrected chi connectivity index (χ3v) is 6.38. The van der Waals surface area contributed by atoms with Gasteiger partial charge in [-0.1, -0.05) is 12.8 Å². The van der Waals surface area contributed by atoms with Gasteiger partial charge in [-0.05, 0) is 12.8 Å². The maximum absolute atomic E-state index is 12.3. The molecule has 2 rings (SSSR count). The lowest BCUT2D eigenvalue weighted by Gasteiger charge is -2.35. The Morgan fingerprint density at radius 2 is 1.45 bits per heavy atom. The van der Waals surface area contributed by atoms with Crippen LogP contribution in [0.1, 0.15) is 25.7 Å². The van der Waals surface area contributed by atoms with E-state index in [4.69, 9.17) is 0 Å². The Kier molecular flexibility index (Phi) is 6.19. The Hall–Kier alpha value is -0.700. The Morgan fingerprint density at radius 3 is 1.95 bits per heavy atom. The number of hydrogen-bond acceptors (Lipinski definition) is 4. The zero-order valence-corrected chi connectivity index (χ0v) is 14.5. The summed E-state index contributed by atoms with van der Waals surface area (Å²) in [5.74, 6) is 0.186. The summed E-state index contributed by atoms with van der Waals surface area (Å²) in [6.45, 7) is 4.29. The molecule has 0 spiro atoms. The molecule has 0 saturated carbocycles. The lowest BCUT2D eigenvalue weighted by Crippen LogP contribution is -2.53. The first-order valence-electron chi connectivity index (χ1n) is 8.09. The first-order chi connectivity index (χ1) is 10.4. The van der Waals surface area contributed by atoms with Gasteiger partial charge in [0.15, 0.2) is 0 Å². The minimum Gasteiger partial charge on any atom is -0.342 e. The predicted molar refractivity (Wildman–Crippen MR) is 85.7 cm³/mol. The predicted octanol–water partition coefficient (Wildman–Crippen LogP) is -0.187. The summed E-state index contributed by atoms with van der Waals surface area (Å²) in [6.07, 6.45) is 4.62. The SMILES string of the molecule is CN(C)S(=O)(=O)N1CCN(CC(=O)N2CCCCCC2)CC1. The van der Waals surface area contributed by atoms with Crippen LogP contribution in [0.3, 0.4) is 0 Å². The van der Waals surface area contributed by atoms with Crippen LogP contribution >= 0.6 is 0 Å². The number of amides is 1. The fraction of sp³-hybridized carbons (Fsp3) is 0.929. The van der Waals surface area contributed by atoms with Crippen LogP contribution in [-0.4, -0.2) is 92.6 Å². The van der Waals surface area contributed by atoms with Crippen LogP contribution in [0.2, 0.25) is 0 Å². The van der Waals surface area contributed by atoms with E-state index in [0.717, 1.165) is 25.9 Å². The third kappa shape index (κ3) is 4.41. The van der Waals surface area contributed by atoms with Crippen molar-refractivity contribution in [1.82, 2.24) is 18.4 Å². The Balaban J connectivity index is 1.81. The quantitative estimate of drug-likeness (QED) is 0.716. The van der Waals surface area contributed by atoms with Gasteiger partial charge in [0.2, 0.25) is 5.91 Å². The van der Waals surface area contributed by atoms with Crippen LogP contribution in [0.15, 0.2) is 0 Å². The maximum Gasteiger partial charge on any atom is 0.281 e. The van der Waals surface area contributed by atoms with Gasteiger partial charge in [0.25, 0.3) is 10.2 Å². The lowest BCUT2D eigenvalue weighted by atomic mass is 10.2. The highest BCUT2D eigenvalue weighted by atomic mass is 32.2. The molecule has 0 aromatic rings. The van der Waals surface area contributed by atoms with Gasteiger partial charge in [0.1, 0.15) is 0 Å². The second-order valence-electron chi connectivity index (χ2n) is 6.26. The monoisotopic (exact) mass is 332 g/mol. The van der Waals surface area contributed by atoms with Crippen molar-refractivity contribution in [2.45, 2.75) is 25.7 Å². The smallest absolute Gasteiger partial charge is 0.281 e. The van der Waals surface area contributed by atoms with E-state index in [1.165, 1.54) is 21.5 Å². The molecule has 0 aromatic heterocycles. The second-order valence-corrected chi connectivity index (χ2v) is 8.40. The van der Waals surface area contributed by atoms with Gasteiger partial charge >= 0.3 is 0 Å². The molecule has 2 saturated heterocycles. The van der Waals surface area contributed by atoms with E-state index in [9.17, 15) is 13.2 Å². The molecule has 7 nitrogen and oxygen atoms in total. The number of nitrogens with zero attached hydrogens (tertiary/aromatic N) is 4. The van der Waals surface area contributed by atoms with Crippen molar-refractivity contribution in [3.63, 3.8) is 0 Å². The number of likely N-dealkylation sites (tertiary alicyclic amines) is 1. The van der Waals surface area contributed by atoms with E-state index >= 15 is 0 Å². The third-order valence-electron chi connectivity index (χ3n) is 4.44. The molecule has 2 aliphatic heterocycles. The van der Waals surface area contributed by atoms with E-state index in [2.05, 4.69) is 4.90 Å². The molecule has 0 unspecified atom stereocenters. The molecule has 128 valence electrons. The van der Waals surface area contributed by atoms with Crippen molar-refractivity contribution >= 4 is 16.1 Å². The van der Waals surface area contributed by atoms with E-state index < -0.39 is 10.2 Å². The summed E-state index contributed by atoms with van der Waals surface area (Å²) in [7, 11) is -0.240. The summed E-state index contributed by atoms with van der Waals surface area (Å²) in [5.41, 5.74) is 0. The fourth-order valence-corrected chi connectivity index (χ4v) is 4.05. The van der Waals surface area contributed by atoms with Crippen molar-refractivity contribution in [1.29, 1.82) is 0 Å². The van der Waals surface area contributed by atoms with E-state index in [-0.39, 0.29) is 5.91 Å². The molecule has 0 aliphatic carbocycles. The zero-order chi connectivity index (χ0) is 16.2. The molecular weight excluding hydrogens is 304 g/mol. The first kappa shape index (κ1) is 17.7. The van der Waals surface area contributed by atoms with Gasteiger partial charge in [0, 0.05) is 53.4 Å². The largest absolute Gasteiger partial charge is 0.342 e. The van der Waals surface area contributed by atoms with Gasteiger partial charge in [-0.3, -0.25) is 9.69 Å². The summed E-state index contributed by atoms with van der Waals surface area (Å²) in [6, 6.07) is 0. The Morgan fingerprint density at radius 1 is 0.909 bits per heavy atom. The van der Waals surface area contributed by atoms with Crippen molar-refractivity contribution < 1.29 is 13.2 Å². The molecule has 2 heterocycles. The van der Waals surface area contributed by atoms with Gasteiger partial charge in [-0.25, -0.2) is 0 Å². The molecule has 0 atom stereocenters. The van der Waals surface area contributed by atoms with Crippen LogP contribution < -0.4 is 0 Å². The fourth-order valence-electron chi connectivity index (χ4n) is 2.96. The highest BCUT2D eigenvalue weighted by Gasteiger charge is 2.29. The van der Waals surface area contributed by atoms with Crippen LogP contribution in [0, 0.1) is 0 Å². The Bertz CT molecular complexity index is 464. The van der Waals surface area contributed by atoms with E-state index in [1.807, 2.05) is 4.90 Å². The molecule has 0 bridgehead atoms.